The molecule has 3 aliphatic heterocycles. The van der Waals surface area contributed by atoms with E-state index in [1.807, 2.05) is 0 Å². The minimum Gasteiger partial charge on any atom is -0.388 e. The van der Waals surface area contributed by atoms with Crippen LogP contribution < -0.4 is 5.32 Å². The lowest BCUT2D eigenvalue weighted by molar-refractivity contribution is -0.0630. The summed E-state index contributed by atoms with van der Waals surface area (Å²) in [5, 5.41) is 14.0. The number of nitrogens with zero attached hydrogens (tertiary/aromatic N) is 1. The molecule has 3 saturated heterocycles. The Morgan fingerprint density at radius 1 is 1.24 bits per heavy atom. The Labute approximate surface area is 103 Å². The maximum Gasteiger partial charge on any atom is 0.0815 e. The topological polar surface area (TPSA) is 44.7 Å². The van der Waals surface area contributed by atoms with Crippen LogP contribution in [0.4, 0.5) is 0 Å². The Balaban J connectivity index is 1.50. The molecule has 3 heterocycles. The predicted octanol–water partition coefficient (Wildman–Crippen LogP) is 0.354. The molecule has 0 aromatic carbocycles. The highest BCUT2D eigenvalue weighted by molar-refractivity contribution is 4.97. The van der Waals surface area contributed by atoms with Crippen molar-refractivity contribution in [3.63, 3.8) is 0 Å². The van der Waals surface area contributed by atoms with Crippen molar-refractivity contribution >= 4 is 0 Å². The van der Waals surface area contributed by atoms with Gasteiger partial charge in [-0.1, -0.05) is 0 Å². The van der Waals surface area contributed by atoms with E-state index in [1.165, 1.54) is 32.4 Å². The average molecular weight is 240 g/mol. The van der Waals surface area contributed by atoms with E-state index in [0.29, 0.717) is 19.3 Å². The number of hydrogen-bond acceptors (Lipinski definition) is 4. The molecule has 0 aliphatic carbocycles. The molecule has 3 aliphatic rings. The van der Waals surface area contributed by atoms with Gasteiger partial charge in [-0.2, -0.15) is 0 Å². The monoisotopic (exact) mass is 240 g/mol. The van der Waals surface area contributed by atoms with Gasteiger partial charge in [-0.15, -0.1) is 0 Å². The number of rotatable bonds is 3. The standard InChI is InChI=1S/C13H24N2O2/c16-13(4-8-17-9-5-13)10-14-11-3-7-15-6-1-2-12(11)15/h11-12,14,16H,1-10H2. The number of hydrogen-bond donors (Lipinski definition) is 2. The molecule has 0 spiro atoms. The lowest BCUT2D eigenvalue weighted by Crippen LogP contribution is -2.50. The van der Waals surface area contributed by atoms with E-state index < -0.39 is 5.60 Å². The predicted molar refractivity (Wildman–Crippen MR) is 66.0 cm³/mol. The molecule has 3 rings (SSSR count). The van der Waals surface area contributed by atoms with Crippen LogP contribution >= 0.6 is 0 Å². The first-order valence-corrected chi connectivity index (χ1v) is 7.04. The maximum absolute atomic E-state index is 10.4. The zero-order valence-electron chi connectivity index (χ0n) is 10.5. The highest BCUT2D eigenvalue weighted by Gasteiger charge is 2.38. The molecule has 2 unspecified atom stereocenters. The summed E-state index contributed by atoms with van der Waals surface area (Å²) in [5.74, 6) is 0. The molecule has 4 heteroatoms. The molecule has 0 bridgehead atoms. The Morgan fingerprint density at radius 2 is 2.06 bits per heavy atom. The Morgan fingerprint density at radius 3 is 2.88 bits per heavy atom. The second-order valence-corrected chi connectivity index (χ2v) is 5.86. The largest absolute Gasteiger partial charge is 0.388 e. The third-order valence-corrected chi connectivity index (χ3v) is 4.72. The first-order valence-electron chi connectivity index (χ1n) is 7.04. The highest BCUT2D eigenvalue weighted by atomic mass is 16.5. The molecule has 0 radical (unpaired) electrons. The zero-order valence-corrected chi connectivity index (χ0v) is 10.5. The van der Waals surface area contributed by atoms with Crippen molar-refractivity contribution in [1.82, 2.24) is 10.2 Å². The van der Waals surface area contributed by atoms with Crippen molar-refractivity contribution in [2.45, 2.75) is 49.8 Å². The van der Waals surface area contributed by atoms with Gasteiger partial charge in [-0.3, -0.25) is 4.90 Å². The lowest BCUT2D eigenvalue weighted by Gasteiger charge is -2.34. The molecule has 2 N–H and O–H groups in total. The van der Waals surface area contributed by atoms with Crippen LogP contribution in [-0.4, -0.2) is 60.5 Å². The van der Waals surface area contributed by atoms with Crippen LogP contribution in [0.2, 0.25) is 0 Å². The number of nitrogens with one attached hydrogen (secondary N) is 1. The van der Waals surface area contributed by atoms with Gasteiger partial charge in [0.05, 0.1) is 5.60 Å². The van der Waals surface area contributed by atoms with Crippen LogP contribution in [0.3, 0.4) is 0 Å². The fraction of sp³-hybridized carbons (Fsp3) is 1.00. The van der Waals surface area contributed by atoms with Gasteiger partial charge < -0.3 is 15.2 Å². The Hall–Kier alpha value is -0.160. The normalized spacial score (nSPS) is 37.2. The molecular formula is C13H24N2O2. The molecule has 3 fully saturated rings. The van der Waals surface area contributed by atoms with Crippen molar-refractivity contribution in [2.75, 3.05) is 32.8 Å². The maximum atomic E-state index is 10.4. The van der Waals surface area contributed by atoms with Crippen LogP contribution in [-0.2, 0) is 4.74 Å². The molecule has 0 saturated carbocycles. The number of ether oxygens (including phenoxy) is 1. The lowest BCUT2D eigenvalue weighted by atomic mass is 9.93. The summed E-state index contributed by atoms with van der Waals surface area (Å²) in [7, 11) is 0. The molecule has 17 heavy (non-hydrogen) atoms. The van der Waals surface area contributed by atoms with Gasteiger partial charge in [0.25, 0.3) is 0 Å². The second-order valence-electron chi connectivity index (χ2n) is 5.86. The summed E-state index contributed by atoms with van der Waals surface area (Å²) in [5.41, 5.74) is -0.524. The highest BCUT2D eigenvalue weighted by Crippen LogP contribution is 2.28. The zero-order chi connectivity index (χ0) is 11.7. The quantitative estimate of drug-likeness (QED) is 0.747. The summed E-state index contributed by atoms with van der Waals surface area (Å²) in [6, 6.07) is 1.34. The van der Waals surface area contributed by atoms with E-state index >= 15 is 0 Å². The molecule has 0 aromatic rings. The van der Waals surface area contributed by atoms with E-state index in [-0.39, 0.29) is 0 Å². The minimum atomic E-state index is -0.524. The van der Waals surface area contributed by atoms with Crippen LogP contribution in [0.1, 0.15) is 32.1 Å². The van der Waals surface area contributed by atoms with Gasteiger partial charge in [-0.25, -0.2) is 0 Å². The molecule has 0 amide bonds. The first kappa shape index (κ1) is 11.9. The van der Waals surface area contributed by atoms with Crippen molar-refractivity contribution in [3.8, 4) is 0 Å². The fourth-order valence-corrected chi connectivity index (χ4v) is 3.57. The molecule has 0 aromatic heterocycles. The van der Waals surface area contributed by atoms with E-state index in [9.17, 15) is 5.11 Å². The summed E-state index contributed by atoms with van der Waals surface area (Å²) >= 11 is 0. The third-order valence-electron chi connectivity index (χ3n) is 4.72. The average Bonchev–Trinajstić information content (AvgIpc) is 2.90. The molecular weight excluding hydrogens is 216 g/mol. The van der Waals surface area contributed by atoms with Gasteiger partial charge in [0.2, 0.25) is 0 Å². The van der Waals surface area contributed by atoms with Gasteiger partial charge in [0.1, 0.15) is 0 Å². The van der Waals surface area contributed by atoms with Gasteiger partial charge >= 0.3 is 0 Å². The Kier molecular flexibility index (Phi) is 3.39. The SMILES string of the molecule is OC1(CNC2CCN3CCCC23)CCOCC1. The third kappa shape index (κ3) is 2.50. The second kappa shape index (κ2) is 4.84. The Bertz CT molecular complexity index is 266. The van der Waals surface area contributed by atoms with Gasteiger partial charge in [-0.05, 0) is 25.8 Å². The summed E-state index contributed by atoms with van der Waals surface area (Å²) in [6.45, 7) is 4.67. The smallest absolute Gasteiger partial charge is 0.0815 e. The summed E-state index contributed by atoms with van der Waals surface area (Å²) < 4.78 is 5.31. The number of aliphatic hydroxyl groups is 1. The van der Waals surface area contributed by atoms with Gasteiger partial charge in [0, 0.05) is 51.2 Å². The van der Waals surface area contributed by atoms with Crippen LogP contribution in [0.25, 0.3) is 0 Å². The van der Waals surface area contributed by atoms with E-state index in [0.717, 1.165) is 25.4 Å². The molecule has 4 nitrogen and oxygen atoms in total. The van der Waals surface area contributed by atoms with Crippen molar-refractivity contribution in [2.24, 2.45) is 0 Å². The fourth-order valence-electron chi connectivity index (χ4n) is 3.57. The summed E-state index contributed by atoms with van der Waals surface area (Å²) in [6.07, 6.45) is 5.49. The van der Waals surface area contributed by atoms with Crippen LogP contribution in [0, 0.1) is 0 Å². The molecule has 2 atom stereocenters. The summed E-state index contributed by atoms with van der Waals surface area (Å²) in [4.78, 5) is 2.60. The van der Waals surface area contributed by atoms with E-state index in [4.69, 9.17) is 4.74 Å². The minimum absolute atomic E-state index is 0.524. The first-order chi connectivity index (χ1) is 8.27. The van der Waals surface area contributed by atoms with Crippen LogP contribution in [0.15, 0.2) is 0 Å². The molecule has 98 valence electrons. The number of fused-ring (bicyclic) bond motifs is 1. The van der Waals surface area contributed by atoms with Crippen LogP contribution in [0.5, 0.6) is 0 Å². The van der Waals surface area contributed by atoms with E-state index in [2.05, 4.69) is 10.2 Å². The van der Waals surface area contributed by atoms with Crippen molar-refractivity contribution in [3.05, 3.63) is 0 Å². The van der Waals surface area contributed by atoms with E-state index in [1.54, 1.807) is 0 Å². The van der Waals surface area contributed by atoms with Crippen molar-refractivity contribution < 1.29 is 9.84 Å². The van der Waals surface area contributed by atoms with Gasteiger partial charge in [0.15, 0.2) is 0 Å². The van der Waals surface area contributed by atoms with Crippen molar-refractivity contribution in [1.29, 1.82) is 0 Å².